The molecule has 0 aliphatic rings. The quantitative estimate of drug-likeness (QED) is 0.331. The number of para-hydroxylation sites is 1. The third-order valence-corrected chi connectivity index (χ3v) is 7.22. The van der Waals surface area contributed by atoms with E-state index in [9.17, 15) is 22.4 Å². The minimum absolute atomic E-state index is 0.0766. The Balaban J connectivity index is 2.02. The first kappa shape index (κ1) is 28.8. The SMILES string of the molecule is CCCCNC(=O)[C@H](Cc1ccccc1)N(Cc1ccccc1)C(=O)CN(c1ccccc1F)S(C)(=O)=O. The van der Waals surface area contributed by atoms with Crippen molar-refractivity contribution in [1.82, 2.24) is 10.2 Å². The molecular formula is C29H34FN3O4S. The fraction of sp³-hybridized carbons (Fsp3) is 0.310. The summed E-state index contributed by atoms with van der Waals surface area (Å²) in [5, 5.41) is 2.92. The van der Waals surface area contributed by atoms with Crippen LogP contribution in [0.2, 0.25) is 0 Å². The molecule has 1 N–H and O–H groups in total. The smallest absolute Gasteiger partial charge is 0.244 e. The van der Waals surface area contributed by atoms with Crippen molar-refractivity contribution in [2.45, 2.75) is 38.8 Å². The topological polar surface area (TPSA) is 86.8 Å². The molecule has 0 heterocycles. The first-order valence-electron chi connectivity index (χ1n) is 12.6. The average Bonchev–Trinajstić information content (AvgIpc) is 2.90. The number of unbranched alkanes of at least 4 members (excludes halogenated alkanes) is 1. The predicted molar refractivity (Wildman–Crippen MR) is 147 cm³/mol. The minimum atomic E-state index is -4.02. The summed E-state index contributed by atoms with van der Waals surface area (Å²) in [6, 6.07) is 23.0. The number of hydrogen-bond donors (Lipinski definition) is 1. The molecule has 1 atom stereocenters. The van der Waals surface area contributed by atoms with Gasteiger partial charge in [-0.2, -0.15) is 0 Å². The second-order valence-electron chi connectivity index (χ2n) is 9.08. The summed E-state index contributed by atoms with van der Waals surface area (Å²) in [5.74, 6) is -1.71. The fourth-order valence-electron chi connectivity index (χ4n) is 4.09. The lowest BCUT2D eigenvalue weighted by atomic mass is 10.0. The first-order valence-corrected chi connectivity index (χ1v) is 14.4. The van der Waals surface area contributed by atoms with Gasteiger partial charge >= 0.3 is 0 Å². The molecule has 0 saturated heterocycles. The van der Waals surface area contributed by atoms with Crippen molar-refractivity contribution >= 4 is 27.5 Å². The summed E-state index contributed by atoms with van der Waals surface area (Å²) in [6.07, 6.45) is 2.83. The Labute approximate surface area is 224 Å². The molecule has 0 fully saturated rings. The summed E-state index contributed by atoms with van der Waals surface area (Å²) in [5.41, 5.74) is 1.40. The zero-order chi connectivity index (χ0) is 27.5. The molecule has 0 aliphatic heterocycles. The molecule has 0 bridgehead atoms. The van der Waals surface area contributed by atoms with Crippen LogP contribution < -0.4 is 9.62 Å². The minimum Gasteiger partial charge on any atom is -0.354 e. The van der Waals surface area contributed by atoms with E-state index in [1.807, 2.05) is 67.6 Å². The summed E-state index contributed by atoms with van der Waals surface area (Å²) in [7, 11) is -4.02. The van der Waals surface area contributed by atoms with Crippen molar-refractivity contribution in [1.29, 1.82) is 0 Å². The van der Waals surface area contributed by atoms with Crippen LogP contribution in [0.15, 0.2) is 84.9 Å². The Hall–Kier alpha value is -3.72. The van der Waals surface area contributed by atoms with Gasteiger partial charge in [-0.1, -0.05) is 86.1 Å². The van der Waals surface area contributed by atoms with Crippen molar-refractivity contribution in [2.24, 2.45) is 0 Å². The predicted octanol–water partition coefficient (Wildman–Crippen LogP) is 4.15. The van der Waals surface area contributed by atoms with E-state index in [0.29, 0.717) is 6.54 Å². The summed E-state index contributed by atoms with van der Waals surface area (Å²) >= 11 is 0. The lowest BCUT2D eigenvalue weighted by Crippen LogP contribution is -2.53. The third-order valence-electron chi connectivity index (χ3n) is 6.10. The molecule has 3 rings (SSSR count). The molecule has 0 spiro atoms. The lowest BCUT2D eigenvalue weighted by Gasteiger charge is -2.33. The number of hydrogen-bond acceptors (Lipinski definition) is 4. The van der Waals surface area contributed by atoms with Gasteiger partial charge in [0.2, 0.25) is 21.8 Å². The van der Waals surface area contributed by atoms with Crippen molar-refractivity contribution < 1.29 is 22.4 Å². The number of carbonyl (C=O) groups is 2. The van der Waals surface area contributed by atoms with E-state index in [-0.39, 0.29) is 24.6 Å². The van der Waals surface area contributed by atoms with Crippen molar-refractivity contribution in [3.8, 4) is 0 Å². The zero-order valence-electron chi connectivity index (χ0n) is 21.7. The Morgan fingerprint density at radius 3 is 2.05 bits per heavy atom. The van der Waals surface area contributed by atoms with Gasteiger partial charge in [-0.25, -0.2) is 12.8 Å². The van der Waals surface area contributed by atoms with Crippen LogP contribution in [0.4, 0.5) is 10.1 Å². The van der Waals surface area contributed by atoms with Crippen LogP contribution in [0.5, 0.6) is 0 Å². The first-order chi connectivity index (χ1) is 18.2. The molecule has 0 aliphatic carbocycles. The average molecular weight is 540 g/mol. The number of halogens is 1. The van der Waals surface area contributed by atoms with E-state index < -0.39 is 34.3 Å². The van der Waals surface area contributed by atoms with Crippen molar-refractivity contribution in [2.75, 3.05) is 23.7 Å². The molecule has 2 amide bonds. The maximum absolute atomic E-state index is 14.6. The van der Waals surface area contributed by atoms with Gasteiger partial charge in [-0.15, -0.1) is 0 Å². The van der Waals surface area contributed by atoms with Gasteiger partial charge in [-0.3, -0.25) is 13.9 Å². The highest BCUT2D eigenvalue weighted by Gasteiger charge is 2.33. The monoisotopic (exact) mass is 539 g/mol. The normalized spacial score (nSPS) is 12.0. The molecule has 0 unspecified atom stereocenters. The molecule has 3 aromatic carbocycles. The number of anilines is 1. The molecule has 0 saturated carbocycles. The molecular weight excluding hydrogens is 505 g/mol. The van der Waals surface area contributed by atoms with E-state index in [1.165, 1.54) is 23.1 Å². The van der Waals surface area contributed by atoms with E-state index in [0.717, 1.165) is 40.6 Å². The van der Waals surface area contributed by atoms with Gasteiger partial charge in [-0.05, 0) is 29.7 Å². The fourth-order valence-corrected chi connectivity index (χ4v) is 4.94. The Bertz CT molecular complexity index is 1300. The van der Waals surface area contributed by atoms with Gasteiger partial charge in [0, 0.05) is 19.5 Å². The summed E-state index contributed by atoms with van der Waals surface area (Å²) in [6.45, 7) is 1.90. The Morgan fingerprint density at radius 2 is 1.47 bits per heavy atom. The van der Waals surface area contributed by atoms with E-state index >= 15 is 0 Å². The molecule has 0 radical (unpaired) electrons. The van der Waals surface area contributed by atoms with Crippen LogP contribution in [0.1, 0.15) is 30.9 Å². The van der Waals surface area contributed by atoms with Gasteiger partial charge in [0.1, 0.15) is 18.4 Å². The third kappa shape index (κ3) is 8.14. The highest BCUT2D eigenvalue weighted by atomic mass is 32.2. The molecule has 7 nitrogen and oxygen atoms in total. The van der Waals surface area contributed by atoms with Gasteiger partial charge in [0.15, 0.2) is 0 Å². The number of benzene rings is 3. The molecule has 3 aromatic rings. The molecule has 9 heteroatoms. The van der Waals surface area contributed by atoms with Crippen LogP contribution in [0.25, 0.3) is 0 Å². The zero-order valence-corrected chi connectivity index (χ0v) is 22.5. The molecule has 38 heavy (non-hydrogen) atoms. The number of rotatable bonds is 13. The van der Waals surface area contributed by atoms with Crippen LogP contribution in [0.3, 0.4) is 0 Å². The van der Waals surface area contributed by atoms with Gasteiger partial charge < -0.3 is 10.2 Å². The van der Waals surface area contributed by atoms with Crippen LogP contribution in [-0.2, 0) is 32.6 Å². The van der Waals surface area contributed by atoms with Gasteiger partial charge in [0.25, 0.3) is 0 Å². The molecule has 202 valence electrons. The van der Waals surface area contributed by atoms with E-state index in [1.54, 1.807) is 0 Å². The highest BCUT2D eigenvalue weighted by molar-refractivity contribution is 7.92. The number of nitrogens with zero attached hydrogens (tertiary/aromatic N) is 2. The largest absolute Gasteiger partial charge is 0.354 e. The standard InChI is InChI=1S/C29H34FN3O4S/c1-3-4-19-31-29(35)27(20-23-13-7-5-8-14-23)32(21-24-15-9-6-10-16-24)28(34)22-33(38(2,36)37)26-18-12-11-17-25(26)30/h5-18,27H,3-4,19-22H2,1-2H3,(H,31,35)/t27-/m0/s1. The van der Waals surface area contributed by atoms with Crippen molar-refractivity contribution in [3.05, 3.63) is 102 Å². The number of nitrogens with one attached hydrogen (secondary N) is 1. The van der Waals surface area contributed by atoms with Crippen LogP contribution in [0, 0.1) is 5.82 Å². The second-order valence-corrected chi connectivity index (χ2v) is 11.0. The summed E-state index contributed by atoms with van der Waals surface area (Å²) in [4.78, 5) is 28.7. The number of amides is 2. The highest BCUT2D eigenvalue weighted by Crippen LogP contribution is 2.23. The van der Waals surface area contributed by atoms with Gasteiger partial charge in [0.05, 0.1) is 11.9 Å². The maximum Gasteiger partial charge on any atom is 0.244 e. The molecule has 0 aromatic heterocycles. The summed E-state index contributed by atoms with van der Waals surface area (Å²) < 4.78 is 40.7. The Morgan fingerprint density at radius 1 is 0.895 bits per heavy atom. The number of sulfonamides is 1. The van der Waals surface area contributed by atoms with Crippen molar-refractivity contribution in [3.63, 3.8) is 0 Å². The lowest BCUT2D eigenvalue weighted by molar-refractivity contribution is -0.140. The second kappa shape index (κ2) is 13.7. The maximum atomic E-state index is 14.6. The van der Waals surface area contributed by atoms with Crippen LogP contribution in [-0.4, -0.2) is 50.5 Å². The number of carbonyl (C=O) groups excluding carboxylic acids is 2. The van der Waals surface area contributed by atoms with E-state index in [2.05, 4.69) is 5.32 Å². The Kier molecular flexibility index (Phi) is 10.4. The van der Waals surface area contributed by atoms with E-state index in [4.69, 9.17) is 0 Å². The van der Waals surface area contributed by atoms with Crippen LogP contribution >= 0.6 is 0 Å².